The molecule has 0 saturated carbocycles. The first-order valence-electron chi connectivity index (χ1n) is 11.8. The molecule has 190 valence electrons. The predicted octanol–water partition coefficient (Wildman–Crippen LogP) is 0.373. The number of nitrogens with one attached hydrogen (secondary N) is 3. The number of morpholine rings is 1. The van der Waals surface area contributed by atoms with Gasteiger partial charge >= 0.3 is 6.03 Å². The lowest BCUT2D eigenvalue weighted by Crippen LogP contribution is -2.75. The lowest BCUT2D eigenvalue weighted by molar-refractivity contribution is -0.153. The number of imide groups is 2. The normalized spacial score (nSPS) is 29.0. The molecule has 5 amide bonds. The van der Waals surface area contributed by atoms with E-state index in [0.717, 1.165) is 0 Å². The van der Waals surface area contributed by atoms with Crippen molar-refractivity contribution >= 4 is 40.4 Å². The second-order valence-corrected chi connectivity index (χ2v) is 9.88. The number of carbonyl (C=O) groups is 4. The lowest BCUT2D eigenvalue weighted by Gasteiger charge is -2.55. The Bertz CT molecular complexity index is 1310. The molecule has 1 aromatic carbocycles. The molecular weight excluding hydrogens is 477 g/mol. The number of rotatable bonds is 3. The van der Waals surface area contributed by atoms with Crippen molar-refractivity contribution in [2.45, 2.75) is 44.9 Å². The van der Waals surface area contributed by atoms with E-state index in [0.29, 0.717) is 18.5 Å². The van der Waals surface area contributed by atoms with Gasteiger partial charge in [-0.25, -0.2) is 9.18 Å². The van der Waals surface area contributed by atoms with Crippen LogP contribution in [-0.4, -0.2) is 66.9 Å². The van der Waals surface area contributed by atoms with Gasteiger partial charge in [0.05, 0.1) is 35.9 Å². The molecule has 0 bridgehead atoms. The highest BCUT2D eigenvalue weighted by atomic mass is 19.1. The van der Waals surface area contributed by atoms with Gasteiger partial charge in [0.1, 0.15) is 0 Å². The van der Waals surface area contributed by atoms with E-state index in [9.17, 15) is 19.2 Å². The maximum atomic E-state index is 16.0. The Morgan fingerprint density at radius 1 is 1.22 bits per heavy atom. The van der Waals surface area contributed by atoms with Crippen LogP contribution in [0.15, 0.2) is 10.6 Å². The summed E-state index contributed by atoms with van der Waals surface area (Å²) in [5, 5.41) is 11.3. The number of anilines is 1. The van der Waals surface area contributed by atoms with Crippen molar-refractivity contribution in [3.05, 3.63) is 17.4 Å². The Morgan fingerprint density at radius 2 is 1.97 bits per heavy atom. The van der Waals surface area contributed by atoms with Gasteiger partial charge in [-0.05, 0) is 30.6 Å². The number of hydrogen-bond donors (Lipinski definition) is 3. The van der Waals surface area contributed by atoms with Crippen LogP contribution in [0.5, 0.6) is 5.88 Å². The van der Waals surface area contributed by atoms with Gasteiger partial charge in [-0.3, -0.25) is 25.0 Å². The summed E-state index contributed by atoms with van der Waals surface area (Å²) in [6.07, 6.45) is -0.797. The van der Waals surface area contributed by atoms with Gasteiger partial charge < -0.3 is 24.2 Å². The molecule has 6 rings (SSSR count). The van der Waals surface area contributed by atoms with Crippen LogP contribution >= 0.6 is 0 Å². The van der Waals surface area contributed by atoms with Crippen LogP contribution in [-0.2, 0) is 25.5 Å². The van der Waals surface area contributed by atoms with Crippen LogP contribution in [0.1, 0.15) is 25.8 Å². The Morgan fingerprint density at radius 3 is 2.67 bits per heavy atom. The predicted molar refractivity (Wildman–Crippen MR) is 120 cm³/mol. The summed E-state index contributed by atoms with van der Waals surface area (Å²) >= 11 is 0. The van der Waals surface area contributed by atoms with Crippen LogP contribution in [0.25, 0.3) is 11.0 Å². The zero-order valence-electron chi connectivity index (χ0n) is 19.6. The Labute approximate surface area is 203 Å². The molecule has 1 spiro atoms. The molecule has 3 fully saturated rings. The standard InChI is InChI=1S/C23H24FN5O7/c1-9-7-29-16-12(5-23(18(29)10(2)35-9)20(31)26-22(33)27-21(23)32)4-13-17(15(16)24)36-28-19(13)34-8-11-3-14(30)25-6-11/h4,9-11,18H,3,5-8H2,1-2H3,(H,25,30)(H2,26,27,31,32,33)/t9-,10+,11+,18-/m1/s1. The highest BCUT2D eigenvalue weighted by Crippen LogP contribution is 2.49. The number of amides is 5. The van der Waals surface area contributed by atoms with Crippen molar-refractivity contribution in [2.24, 2.45) is 11.3 Å². The molecule has 4 aliphatic heterocycles. The fraction of sp³-hybridized carbons (Fsp3) is 0.522. The molecule has 0 radical (unpaired) electrons. The molecule has 36 heavy (non-hydrogen) atoms. The maximum Gasteiger partial charge on any atom is 0.328 e. The van der Waals surface area contributed by atoms with E-state index in [2.05, 4.69) is 21.1 Å². The fourth-order valence-electron chi connectivity index (χ4n) is 6.01. The highest BCUT2D eigenvalue weighted by molar-refractivity contribution is 6.20. The number of nitrogens with zero attached hydrogens (tertiary/aromatic N) is 2. The van der Waals surface area contributed by atoms with Crippen LogP contribution in [0.4, 0.5) is 14.9 Å². The van der Waals surface area contributed by atoms with Crippen molar-refractivity contribution in [3.8, 4) is 5.88 Å². The zero-order chi connectivity index (χ0) is 25.4. The van der Waals surface area contributed by atoms with E-state index in [-0.39, 0.29) is 60.0 Å². The molecule has 2 aromatic rings. The van der Waals surface area contributed by atoms with Gasteiger partial charge in [0.15, 0.2) is 11.2 Å². The third-order valence-electron chi connectivity index (χ3n) is 7.45. The number of barbiturate groups is 1. The van der Waals surface area contributed by atoms with Crippen LogP contribution in [0, 0.1) is 17.2 Å². The molecule has 3 saturated heterocycles. The summed E-state index contributed by atoms with van der Waals surface area (Å²) < 4.78 is 33.0. The van der Waals surface area contributed by atoms with Crippen LogP contribution in [0.3, 0.4) is 0 Å². The molecular formula is C23H24FN5O7. The van der Waals surface area contributed by atoms with Gasteiger partial charge in [0.2, 0.25) is 23.3 Å². The largest absolute Gasteiger partial charge is 0.475 e. The number of aromatic nitrogens is 1. The minimum atomic E-state index is -1.73. The van der Waals surface area contributed by atoms with Gasteiger partial charge in [-0.15, -0.1) is 0 Å². The number of ether oxygens (including phenoxy) is 2. The minimum Gasteiger partial charge on any atom is -0.475 e. The third kappa shape index (κ3) is 3.18. The number of urea groups is 1. The molecule has 0 aliphatic carbocycles. The molecule has 3 N–H and O–H groups in total. The molecule has 0 unspecified atom stereocenters. The van der Waals surface area contributed by atoms with Crippen molar-refractivity contribution in [1.29, 1.82) is 0 Å². The first kappa shape index (κ1) is 22.7. The number of fused-ring (bicyclic) bond motifs is 5. The van der Waals surface area contributed by atoms with E-state index in [4.69, 9.17) is 14.0 Å². The number of hydrogen-bond acceptors (Lipinski definition) is 9. The van der Waals surface area contributed by atoms with Gasteiger partial charge in [-0.2, -0.15) is 0 Å². The highest BCUT2D eigenvalue weighted by Gasteiger charge is 2.63. The first-order valence-corrected chi connectivity index (χ1v) is 11.8. The summed E-state index contributed by atoms with van der Waals surface area (Å²) in [7, 11) is 0. The Balaban J connectivity index is 1.46. The van der Waals surface area contributed by atoms with E-state index in [1.165, 1.54) is 0 Å². The van der Waals surface area contributed by atoms with Crippen LogP contribution < -0.4 is 25.6 Å². The second kappa shape index (κ2) is 7.88. The fourth-order valence-corrected chi connectivity index (χ4v) is 6.01. The van der Waals surface area contributed by atoms with E-state index in [1.807, 2.05) is 6.92 Å². The van der Waals surface area contributed by atoms with E-state index < -0.39 is 41.2 Å². The monoisotopic (exact) mass is 501 g/mol. The summed E-state index contributed by atoms with van der Waals surface area (Å²) in [6, 6.07) is -0.161. The van der Waals surface area contributed by atoms with Gasteiger partial charge in [0, 0.05) is 31.8 Å². The quantitative estimate of drug-likeness (QED) is 0.507. The molecule has 1 aromatic heterocycles. The summed E-state index contributed by atoms with van der Waals surface area (Å²) in [5.74, 6) is -2.27. The van der Waals surface area contributed by atoms with E-state index in [1.54, 1.807) is 17.9 Å². The number of benzene rings is 1. The average Bonchev–Trinajstić information content (AvgIpc) is 3.41. The topological polar surface area (TPSA) is 152 Å². The van der Waals surface area contributed by atoms with Gasteiger partial charge in [0.25, 0.3) is 5.88 Å². The molecule has 13 heteroatoms. The maximum absolute atomic E-state index is 16.0. The molecule has 4 atom stereocenters. The van der Waals surface area contributed by atoms with Crippen molar-refractivity contribution in [2.75, 3.05) is 24.6 Å². The number of carbonyl (C=O) groups excluding carboxylic acids is 4. The third-order valence-corrected chi connectivity index (χ3v) is 7.45. The van der Waals surface area contributed by atoms with Crippen LogP contribution in [0.2, 0.25) is 0 Å². The lowest BCUT2D eigenvalue weighted by atomic mass is 9.66. The Hall–Kier alpha value is -3.74. The van der Waals surface area contributed by atoms with Crippen molar-refractivity contribution in [1.82, 2.24) is 21.1 Å². The second-order valence-electron chi connectivity index (χ2n) is 9.88. The zero-order valence-corrected chi connectivity index (χ0v) is 19.6. The SMILES string of the molecule is C[C@@H]1CN2c3c(cc4c(OC[C@@H]5CNC(=O)C5)noc4c3F)CC3(C(=O)NC(=O)NC3=O)[C@H]2[C@H](C)O1. The summed E-state index contributed by atoms with van der Waals surface area (Å²) in [4.78, 5) is 51.5. The molecule has 4 aliphatic rings. The van der Waals surface area contributed by atoms with E-state index >= 15 is 4.39 Å². The number of halogens is 1. The van der Waals surface area contributed by atoms with Crippen molar-refractivity contribution in [3.63, 3.8) is 0 Å². The van der Waals surface area contributed by atoms with Gasteiger partial charge in [-0.1, -0.05) is 0 Å². The minimum absolute atomic E-state index is 0.0543. The Kier molecular flexibility index (Phi) is 4.97. The summed E-state index contributed by atoms with van der Waals surface area (Å²) in [5.41, 5.74) is -1.26. The summed E-state index contributed by atoms with van der Waals surface area (Å²) in [6.45, 7) is 4.39. The van der Waals surface area contributed by atoms with Crippen molar-refractivity contribution < 1.29 is 37.6 Å². The molecule has 12 nitrogen and oxygen atoms in total. The average molecular weight is 501 g/mol. The first-order chi connectivity index (χ1) is 17.2. The molecule has 5 heterocycles. The smallest absolute Gasteiger partial charge is 0.328 e.